The van der Waals surface area contributed by atoms with Crippen molar-refractivity contribution in [2.45, 2.75) is 39.3 Å². The van der Waals surface area contributed by atoms with E-state index in [4.69, 9.17) is 5.73 Å². The van der Waals surface area contributed by atoms with E-state index in [0.717, 1.165) is 25.9 Å². The first-order valence-electron chi connectivity index (χ1n) is 6.27. The summed E-state index contributed by atoms with van der Waals surface area (Å²) in [6, 6.07) is 0.208. The molecular formula is C11H19N5O2. The number of nitro groups is 1. The smallest absolute Gasteiger partial charge is 0.333 e. The maximum Gasteiger partial charge on any atom is 0.333 e. The number of aromatic nitrogens is 2. The Bertz CT molecular complexity index is 449. The van der Waals surface area contributed by atoms with Gasteiger partial charge in [-0.2, -0.15) is 5.10 Å². The third-order valence-corrected chi connectivity index (χ3v) is 3.39. The van der Waals surface area contributed by atoms with Crippen LogP contribution in [0.25, 0.3) is 0 Å². The van der Waals surface area contributed by atoms with Gasteiger partial charge in [-0.1, -0.05) is 0 Å². The van der Waals surface area contributed by atoms with E-state index in [0.29, 0.717) is 18.1 Å². The number of piperidine rings is 1. The highest BCUT2D eigenvalue weighted by molar-refractivity contribution is 5.61. The van der Waals surface area contributed by atoms with Crippen molar-refractivity contribution < 1.29 is 4.92 Å². The van der Waals surface area contributed by atoms with Gasteiger partial charge in [-0.15, -0.1) is 0 Å². The quantitative estimate of drug-likeness (QED) is 0.642. The minimum atomic E-state index is -0.335. The second-order valence-corrected chi connectivity index (χ2v) is 4.65. The molecule has 0 unspecified atom stereocenters. The summed E-state index contributed by atoms with van der Waals surface area (Å²) >= 11 is 0. The van der Waals surface area contributed by atoms with Gasteiger partial charge in [0.1, 0.15) is 5.69 Å². The summed E-state index contributed by atoms with van der Waals surface area (Å²) in [6.07, 6.45) is 1.73. The molecule has 0 aromatic carbocycles. The van der Waals surface area contributed by atoms with Gasteiger partial charge in [-0.25, -0.2) is 4.68 Å². The normalized spacial score (nSPS) is 17.2. The lowest BCUT2D eigenvalue weighted by molar-refractivity contribution is -0.384. The molecule has 0 bridgehead atoms. The molecule has 0 atom stereocenters. The predicted molar refractivity (Wildman–Crippen MR) is 68.7 cm³/mol. The van der Waals surface area contributed by atoms with Crippen molar-refractivity contribution in [2.24, 2.45) is 5.73 Å². The number of nitrogens with two attached hydrogens (primary N) is 1. The van der Waals surface area contributed by atoms with Gasteiger partial charge >= 0.3 is 5.69 Å². The van der Waals surface area contributed by atoms with E-state index in [9.17, 15) is 10.1 Å². The Morgan fingerprint density at radius 2 is 2.11 bits per heavy atom. The summed E-state index contributed by atoms with van der Waals surface area (Å²) < 4.78 is 1.71. The fourth-order valence-electron chi connectivity index (χ4n) is 2.42. The van der Waals surface area contributed by atoms with E-state index in [1.54, 1.807) is 11.6 Å². The Kier molecular flexibility index (Phi) is 3.51. The summed E-state index contributed by atoms with van der Waals surface area (Å²) in [5, 5.41) is 15.4. The maximum atomic E-state index is 11.2. The molecule has 7 heteroatoms. The molecule has 0 saturated carbocycles. The molecule has 7 nitrogen and oxygen atoms in total. The fourth-order valence-corrected chi connectivity index (χ4v) is 2.42. The molecule has 1 fully saturated rings. The van der Waals surface area contributed by atoms with Gasteiger partial charge in [-0.05, 0) is 26.7 Å². The van der Waals surface area contributed by atoms with Gasteiger partial charge in [0.15, 0.2) is 0 Å². The second kappa shape index (κ2) is 4.93. The molecule has 0 amide bonds. The lowest BCUT2D eigenvalue weighted by Gasteiger charge is -2.31. The molecule has 2 N–H and O–H groups in total. The fraction of sp³-hybridized carbons (Fsp3) is 0.727. The van der Waals surface area contributed by atoms with Crippen LogP contribution in [0.5, 0.6) is 0 Å². The molecular weight excluding hydrogens is 234 g/mol. The third-order valence-electron chi connectivity index (χ3n) is 3.39. The molecule has 1 aliphatic rings. The second-order valence-electron chi connectivity index (χ2n) is 4.65. The topological polar surface area (TPSA) is 90.2 Å². The number of nitrogens with zero attached hydrogens (tertiary/aromatic N) is 4. The van der Waals surface area contributed by atoms with E-state index >= 15 is 0 Å². The number of hydrogen-bond donors (Lipinski definition) is 1. The van der Waals surface area contributed by atoms with Crippen LogP contribution in [-0.2, 0) is 6.54 Å². The van der Waals surface area contributed by atoms with Crippen molar-refractivity contribution in [3.8, 4) is 0 Å². The predicted octanol–water partition coefficient (Wildman–Crippen LogP) is 1.05. The van der Waals surface area contributed by atoms with Crippen LogP contribution in [0.2, 0.25) is 0 Å². The van der Waals surface area contributed by atoms with Crippen molar-refractivity contribution in [2.75, 3.05) is 18.0 Å². The van der Waals surface area contributed by atoms with E-state index < -0.39 is 0 Å². The molecule has 18 heavy (non-hydrogen) atoms. The summed E-state index contributed by atoms with van der Waals surface area (Å²) in [6.45, 7) is 5.77. The van der Waals surface area contributed by atoms with Gasteiger partial charge in [0.2, 0.25) is 5.82 Å². The highest BCUT2D eigenvalue weighted by Crippen LogP contribution is 2.33. The lowest BCUT2D eigenvalue weighted by atomic mass is 10.1. The zero-order valence-electron chi connectivity index (χ0n) is 10.8. The van der Waals surface area contributed by atoms with Crippen molar-refractivity contribution >= 4 is 11.5 Å². The first-order valence-corrected chi connectivity index (χ1v) is 6.27. The number of anilines is 1. The molecule has 1 saturated heterocycles. The molecule has 0 aliphatic carbocycles. The third kappa shape index (κ3) is 2.17. The van der Waals surface area contributed by atoms with Gasteiger partial charge < -0.3 is 10.6 Å². The Balaban J connectivity index is 2.38. The molecule has 1 aromatic rings. The maximum absolute atomic E-state index is 11.2. The molecule has 1 aromatic heterocycles. The van der Waals surface area contributed by atoms with Gasteiger partial charge in [0.25, 0.3) is 0 Å². The Morgan fingerprint density at radius 1 is 1.50 bits per heavy atom. The van der Waals surface area contributed by atoms with E-state index in [2.05, 4.69) is 5.10 Å². The van der Waals surface area contributed by atoms with Crippen LogP contribution >= 0.6 is 0 Å². The van der Waals surface area contributed by atoms with E-state index in [-0.39, 0.29) is 16.7 Å². The summed E-state index contributed by atoms with van der Waals surface area (Å²) in [7, 11) is 0. The number of aryl methyl sites for hydroxylation is 2. The molecule has 100 valence electrons. The Labute approximate surface area is 106 Å². The Morgan fingerprint density at radius 3 is 2.61 bits per heavy atom. The SMILES string of the molecule is CCn1nc(C)c([N+](=O)[O-])c1N1CCC(N)CC1. The van der Waals surface area contributed by atoms with Gasteiger partial charge in [0.05, 0.1) is 4.92 Å². The van der Waals surface area contributed by atoms with Crippen LogP contribution in [0.15, 0.2) is 0 Å². The van der Waals surface area contributed by atoms with E-state index in [1.807, 2.05) is 11.8 Å². The minimum Gasteiger partial charge on any atom is -0.351 e. The summed E-state index contributed by atoms with van der Waals surface area (Å²) in [5.74, 6) is 0.631. The van der Waals surface area contributed by atoms with Crippen molar-refractivity contribution in [1.29, 1.82) is 0 Å². The standard InChI is InChI=1S/C11H19N5O2/c1-3-15-11(10(16(17)18)8(2)13-15)14-6-4-9(12)5-7-14/h9H,3-7,12H2,1-2H3. The number of hydrogen-bond acceptors (Lipinski definition) is 5. The highest BCUT2D eigenvalue weighted by atomic mass is 16.6. The van der Waals surface area contributed by atoms with Crippen molar-refractivity contribution in [3.05, 3.63) is 15.8 Å². The minimum absolute atomic E-state index is 0.132. The summed E-state index contributed by atoms with van der Waals surface area (Å²) in [4.78, 5) is 12.9. The van der Waals surface area contributed by atoms with Gasteiger partial charge in [0, 0.05) is 25.7 Å². The molecule has 2 heterocycles. The first-order chi connectivity index (χ1) is 8.54. The van der Waals surface area contributed by atoms with Crippen LogP contribution in [0.4, 0.5) is 11.5 Å². The van der Waals surface area contributed by atoms with Crippen LogP contribution in [0, 0.1) is 17.0 Å². The lowest BCUT2D eigenvalue weighted by Crippen LogP contribution is -2.40. The summed E-state index contributed by atoms with van der Waals surface area (Å²) in [5.41, 5.74) is 6.48. The number of rotatable bonds is 3. The highest BCUT2D eigenvalue weighted by Gasteiger charge is 2.30. The zero-order chi connectivity index (χ0) is 13.3. The Hall–Kier alpha value is -1.63. The van der Waals surface area contributed by atoms with Crippen LogP contribution in [0.3, 0.4) is 0 Å². The van der Waals surface area contributed by atoms with E-state index in [1.165, 1.54) is 0 Å². The zero-order valence-corrected chi connectivity index (χ0v) is 10.8. The monoisotopic (exact) mass is 253 g/mol. The average Bonchev–Trinajstić information content (AvgIpc) is 2.67. The van der Waals surface area contributed by atoms with Crippen LogP contribution in [0.1, 0.15) is 25.5 Å². The molecule has 0 radical (unpaired) electrons. The molecule has 2 rings (SSSR count). The molecule has 1 aliphatic heterocycles. The van der Waals surface area contributed by atoms with Crippen LogP contribution < -0.4 is 10.6 Å². The van der Waals surface area contributed by atoms with Crippen LogP contribution in [-0.4, -0.2) is 33.8 Å². The average molecular weight is 253 g/mol. The van der Waals surface area contributed by atoms with Crippen molar-refractivity contribution in [3.63, 3.8) is 0 Å². The molecule has 0 spiro atoms. The van der Waals surface area contributed by atoms with Gasteiger partial charge in [-0.3, -0.25) is 10.1 Å². The largest absolute Gasteiger partial charge is 0.351 e. The van der Waals surface area contributed by atoms with Crippen molar-refractivity contribution in [1.82, 2.24) is 9.78 Å². The first kappa shape index (κ1) is 12.8.